The van der Waals surface area contributed by atoms with Crippen LogP contribution in [0.5, 0.6) is 0 Å². The lowest BCUT2D eigenvalue weighted by atomic mass is 10.6. The Morgan fingerprint density at radius 3 is 3.00 bits per heavy atom. The van der Waals surface area contributed by atoms with E-state index in [9.17, 15) is 4.79 Å². The van der Waals surface area contributed by atoms with Gasteiger partial charge in [0.05, 0.1) is 19.5 Å². The molecule has 0 N–H and O–H groups in total. The average Bonchev–Trinajstić information content (AvgIpc) is 2.77. The largest absolute Gasteiger partial charge is 0.463 e. The highest BCUT2D eigenvalue weighted by Gasteiger charge is 2.12. The maximum Gasteiger partial charge on any atom is 0.377 e. The lowest BCUT2D eigenvalue weighted by molar-refractivity contribution is 0.0587. The number of nitrogens with zero attached hydrogens (tertiary/aromatic N) is 5. The summed E-state index contributed by atoms with van der Waals surface area (Å²) in [4.78, 5) is 22.7. The number of hydrogen-bond acceptors (Lipinski definition) is 6. The highest BCUT2D eigenvalue weighted by atomic mass is 35.5. The van der Waals surface area contributed by atoms with Crippen LogP contribution in [0.3, 0.4) is 0 Å². The van der Waals surface area contributed by atoms with Crippen molar-refractivity contribution in [3.05, 3.63) is 29.7 Å². The molecule has 0 aliphatic rings. The SMILES string of the molecule is COC(=O)c1ncn(-c2cncc(Cl)n2)n1. The van der Waals surface area contributed by atoms with Crippen LogP contribution < -0.4 is 0 Å². The first-order valence-corrected chi connectivity index (χ1v) is 4.56. The minimum absolute atomic E-state index is 0.0516. The molecular formula is C8H6ClN5O2. The molecule has 82 valence electrons. The number of methoxy groups -OCH3 is 1. The van der Waals surface area contributed by atoms with E-state index in [1.807, 2.05) is 0 Å². The minimum atomic E-state index is -0.617. The smallest absolute Gasteiger partial charge is 0.377 e. The molecule has 0 spiro atoms. The van der Waals surface area contributed by atoms with Crippen LogP contribution in [0.4, 0.5) is 0 Å². The molecule has 0 aliphatic heterocycles. The summed E-state index contributed by atoms with van der Waals surface area (Å²) in [6.07, 6.45) is 4.16. The van der Waals surface area contributed by atoms with Crippen molar-refractivity contribution >= 4 is 17.6 Å². The van der Waals surface area contributed by atoms with E-state index in [1.165, 1.54) is 30.5 Å². The Morgan fingerprint density at radius 1 is 1.50 bits per heavy atom. The van der Waals surface area contributed by atoms with Crippen molar-refractivity contribution in [3.8, 4) is 5.82 Å². The van der Waals surface area contributed by atoms with E-state index in [1.54, 1.807) is 0 Å². The first kappa shape index (κ1) is 10.5. The Kier molecular flexibility index (Phi) is 2.78. The molecule has 0 fully saturated rings. The highest BCUT2D eigenvalue weighted by Crippen LogP contribution is 2.06. The van der Waals surface area contributed by atoms with E-state index in [0.29, 0.717) is 5.82 Å². The van der Waals surface area contributed by atoms with Crippen LogP contribution in [0.1, 0.15) is 10.6 Å². The van der Waals surface area contributed by atoms with Crippen LogP contribution in [-0.4, -0.2) is 37.8 Å². The second-order valence-corrected chi connectivity index (χ2v) is 3.09. The molecule has 2 rings (SSSR count). The van der Waals surface area contributed by atoms with E-state index >= 15 is 0 Å². The van der Waals surface area contributed by atoms with Crippen molar-refractivity contribution in [3.63, 3.8) is 0 Å². The molecule has 8 heteroatoms. The van der Waals surface area contributed by atoms with Crippen LogP contribution in [0.15, 0.2) is 18.7 Å². The van der Waals surface area contributed by atoms with Gasteiger partial charge in [0.1, 0.15) is 11.5 Å². The fourth-order valence-electron chi connectivity index (χ4n) is 1.00. The first-order valence-electron chi connectivity index (χ1n) is 4.18. The Morgan fingerprint density at radius 2 is 2.31 bits per heavy atom. The summed E-state index contributed by atoms with van der Waals surface area (Å²) in [6, 6.07) is 0. The van der Waals surface area contributed by atoms with Gasteiger partial charge in [0.2, 0.25) is 0 Å². The van der Waals surface area contributed by atoms with E-state index in [2.05, 4.69) is 24.8 Å². The minimum Gasteiger partial charge on any atom is -0.463 e. The van der Waals surface area contributed by atoms with Crippen molar-refractivity contribution in [2.24, 2.45) is 0 Å². The average molecular weight is 240 g/mol. The zero-order valence-corrected chi connectivity index (χ0v) is 8.92. The molecule has 0 atom stereocenters. The van der Waals surface area contributed by atoms with Crippen LogP contribution in [0.25, 0.3) is 5.82 Å². The lowest BCUT2D eigenvalue weighted by Gasteiger charge is -1.97. The normalized spacial score (nSPS) is 10.1. The monoisotopic (exact) mass is 239 g/mol. The molecule has 0 saturated carbocycles. The van der Waals surface area contributed by atoms with Crippen molar-refractivity contribution in [1.29, 1.82) is 0 Å². The first-order chi connectivity index (χ1) is 7.70. The number of carbonyl (C=O) groups is 1. The molecule has 0 radical (unpaired) electrons. The summed E-state index contributed by atoms with van der Waals surface area (Å²) in [5, 5.41) is 4.09. The number of halogens is 1. The third kappa shape index (κ3) is 1.98. The zero-order valence-electron chi connectivity index (χ0n) is 8.16. The predicted octanol–water partition coefficient (Wildman–Crippen LogP) is 0.497. The Bertz CT molecular complexity index is 527. The molecule has 0 aromatic carbocycles. The molecule has 0 bridgehead atoms. The van der Waals surface area contributed by atoms with Gasteiger partial charge in [-0.25, -0.2) is 19.4 Å². The maximum atomic E-state index is 11.1. The van der Waals surface area contributed by atoms with Gasteiger partial charge in [0, 0.05) is 0 Å². The maximum absolute atomic E-state index is 11.1. The van der Waals surface area contributed by atoms with Gasteiger partial charge in [0.25, 0.3) is 5.82 Å². The van der Waals surface area contributed by atoms with E-state index in [0.717, 1.165) is 0 Å². The van der Waals surface area contributed by atoms with Crippen molar-refractivity contribution in [1.82, 2.24) is 24.7 Å². The Hall–Kier alpha value is -2.02. The number of esters is 1. The van der Waals surface area contributed by atoms with Crippen molar-refractivity contribution in [2.75, 3.05) is 7.11 Å². The van der Waals surface area contributed by atoms with Crippen LogP contribution in [0, 0.1) is 0 Å². The number of aromatic nitrogens is 5. The fraction of sp³-hybridized carbons (Fsp3) is 0.125. The summed E-state index contributed by atoms with van der Waals surface area (Å²) in [5.74, 6) is -0.298. The van der Waals surface area contributed by atoms with Gasteiger partial charge >= 0.3 is 5.97 Å². The number of ether oxygens (including phenoxy) is 1. The zero-order chi connectivity index (χ0) is 11.5. The molecule has 0 aliphatic carbocycles. The predicted molar refractivity (Wildman–Crippen MR) is 53.3 cm³/mol. The van der Waals surface area contributed by atoms with E-state index in [-0.39, 0.29) is 11.0 Å². The lowest BCUT2D eigenvalue weighted by Crippen LogP contribution is -2.06. The van der Waals surface area contributed by atoms with Gasteiger partial charge in [-0.3, -0.25) is 4.98 Å². The summed E-state index contributed by atoms with van der Waals surface area (Å²) in [6.45, 7) is 0. The molecule has 16 heavy (non-hydrogen) atoms. The third-order valence-corrected chi connectivity index (χ3v) is 1.87. The fourth-order valence-corrected chi connectivity index (χ4v) is 1.14. The standard InChI is InChI=1S/C8H6ClN5O2/c1-16-8(15)7-11-4-14(13-7)6-3-10-2-5(9)12-6/h2-4H,1H3. The van der Waals surface area contributed by atoms with Gasteiger partial charge < -0.3 is 4.74 Å². The summed E-state index contributed by atoms with van der Waals surface area (Å²) < 4.78 is 5.75. The molecule has 0 unspecified atom stereocenters. The molecule has 2 aromatic heterocycles. The number of hydrogen-bond donors (Lipinski definition) is 0. The van der Waals surface area contributed by atoms with Gasteiger partial charge in [-0.1, -0.05) is 11.6 Å². The van der Waals surface area contributed by atoms with Crippen LogP contribution in [0.2, 0.25) is 5.15 Å². The molecule has 0 saturated heterocycles. The van der Waals surface area contributed by atoms with Crippen molar-refractivity contribution < 1.29 is 9.53 Å². The molecular weight excluding hydrogens is 234 g/mol. The Balaban J connectivity index is 2.35. The number of rotatable bonds is 2. The van der Waals surface area contributed by atoms with Gasteiger partial charge in [-0.2, -0.15) is 0 Å². The Labute approximate surface area is 95.1 Å². The summed E-state index contributed by atoms with van der Waals surface area (Å²) in [7, 11) is 1.25. The molecule has 2 aromatic rings. The van der Waals surface area contributed by atoms with Crippen LogP contribution >= 0.6 is 11.6 Å². The third-order valence-electron chi connectivity index (χ3n) is 1.69. The molecule has 2 heterocycles. The van der Waals surface area contributed by atoms with Gasteiger partial charge in [-0.15, -0.1) is 5.10 Å². The second kappa shape index (κ2) is 4.23. The molecule has 0 amide bonds. The summed E-state index contributed by atoms with van der Waals surface area (Å²) >= 11 is 5.66. The van der Waals surface area contributed by atoms with Gasteiger partial charge in [0.15, 0.2) is 5.82 Å². The number of carbonyl (C=O) groups excluding carboxylic acids is 1. The van der Waals surface area contributed by atoms with Gasteiger partial charge in [-0.05, 0) is 0 Å². The van der Waals surface area contributed by atoms with E-state index < -0.39 is 5.97 Å². The summed E-state index contributed by atoms with van der Waals surface area (Å²) in [5.41, 5.74) is 0. The highest BCUT2D eigenvalue weighted by molar-refractivity contribution is 6.29. The van der Waals surface area contributed by atoms with Crippen LogP contribution in [-0.2, 0) is 4.74 Å². The van der Waals surface area contributed by atoms with E-state index in [4.69, 9.17) is 11.6 Å². The van der Waals surface area contributed by atoms with Crippen molar-refractivity contribution in [2.45, 2.75) is 0 Å². The second-order valence-electron chi connectivity index (χ2n) is 2.70. The topological polar surface area (TPSA) is 82.8 Å². The quantitative estimate of drug-likeness (QED) is 0.710. The molecule has 7 nitrogen and oxygen atoms in total.